The molecule has 0 amide bonds. The Morgan fingerprint density at radius 2 is 1.17 bits per heavy atom. The zero-order valence-corrected chi connectivity index (χ0v) is 36.9. The lowest BCUT2D eigenvalue weighted by atomic mass is 9.62. The Morgan fingerprint density at radius 1 is 0.523 bits per heavy atom. The first kappa shape index (κ1) is 26.5. The topological polar surface area (TPSA) is 21.1 Å². The van der Waals surface area contributed by atoms with Crippen LogP contribution in [-0.4, -0.2) is 23.2 Å². The average Bonchev–Trinajstić information content (AvgIpc) is 4.09. The monoisotopic (exact) mass is 868 g/mol. The van der Waals surface area contributed by atoms with E-state index in [0.717, 1.165) is 81.1 Å². The highest BCUT2D eigenvalue weighted by Crippen LogP contribution is 2.60. The fourth-order valence-corrected chi connectivity index (χ4v) is 15.0. The van der Waals surface area contributed by atoms with Crippen LogP contribution in [0.15, 0.2) is 224 Å². The zero-order valence-electron chi connectivity index (χ0n) is 50.9. The van der Waals surface area contributed by atoms with Gasteiger partial charge in [0, 0.05) is 51.2 Å². The van der Waals surface area contributed by atoms with Gasteiger partial charge in [0.05, 0.1) is 37.1 Å². The van der Waals surface area contributed by atoms with Crippen LogP contribution in [0.2, 0.25) is 0 Å². The molecule has 314 valence electrons. The van der Waals surface area contributed by atoms with Crippen LogP contribution in [0.4, 0.5) is 11.4 Å². The summed E-state index contributed by atoms with van der Waals surface area (Å²) in [5.41, 5.74) is 8.53. The van der Waals surface area contributed by atoms with Gasteiger partial charge in [-0.2, -0.15) is 0 Å². The molecule has 2 aromatic heterocycles. The highest BCUT2D eigenvalue weighted by atomic mass is 28.3. The molecule has 0 spiro atoms. The van der Waals surface area contributed by atoms with E-state index in [9.17, 15) is 8.22 Å². The van der Waals surface area contributed by atoms with E-state index >= 15 is 0 Å². The van der Waals surface area contributed by atoms with Crippen LogP contribution in [0.1, 0.15) is 65.7 Å². The molecule has 2 aliphatic rings. The molecule has 3 heterocycles. The molecule has 0 bridgehead atoms. The molecule has 4 heteroatoms. The predicted molar refractivity (Wildman–Crippen MR) is 276 cm³/mol. The number of nitrogens with zero attached hydrogens (tertiary/aromatic N) is 3. The van der Waals surface area contributed by atoms with Gasteiger partial charge in [-0.05, 0) is 105 Å². The molecule has 2 atom stereocenters. The van der Waals surface area contributed by atoms with Crippen molar-refractivity contribution in [1.29, 1.82) is 0 Å². The van der Waals surface area contributed by atoms with Crippen LogP contribution in [-0.2, 0) is 5.41 Å². The lowest BCUT2D eigenvalue weighted by Gasteiger charge is -2.50. The highest BCUT2D eigenvalue weighted by Gasteiger charge is 2.57. The number of aromatic nitrogens is 2. The van der Waals surface area contributed by atoms with Crippen LogP contribution in [0.3, 0.4) is 0 Å². The van der Waals surface area contributed by atoms with Crippen molar-refractivity contribution < 1.29 is 20.6 Å². The number of rotatable bonds is 8. The van der Waals surface area contributed by atoms with E-state index in [-0.39, 0.29) is 16.1 Å². The lowest BCUT2D eigenvalue weighted by Crippen LogP contribution is -2.74. The van der Waals surface area contributed by atoms with Crippen molar-refractivity contribution in [1.82, 2.24) is 9.55 Å². The molecule has 10 aromatic rings. The van der Waals surface area contributed by atoms with Gasteiger partial charge in [0.1, 0.15) is 0 Å². The van der Waals surface area contributed by atoms with E-state index in [0.29, 0.717) is 5.69 Å². The predicted octanol–water partition coefficient (Wildman–Crippen LogP) is 12.6. The third-order valence-corrected chi connectivity index (χ3v) is 18.6. The smallest absolute Gasteiger partial charge is 0.179 e. The second-order valence-corrected chi connectivity index (χ2v) is 21.1. The Labute approximate surface area is 404 Å². The normalized spacial score (nSPS) is 21.4. The van der Waals surface area contributed by atoms with Gasteiger partial charge >= 0.3 is 0 Å². The Balaban J connectivity index is 1.22. The van der Waals surface area contributed by atoms with Crippen LogP contribution in [0.5, 0.6) is 0 Å². The van der Waals surface area contributed by atoms with Gasteiger partial charge in [-0.25, -0.2) is 0 Å². The highest BCUT2D eigenvalue weighted by molar-refractivity contribution is 7.19. The van der Waals surface area contributed by atoms with E-state index in [1.54, 1.807) is 12.1 Å². The zero-order chi connectivity index (χ0) is 56.6. The number of hydrogen-bond acceptors (Lipinski definition) is 2. The molecule has 1 fully saturated rings. The van der Waals surface area contributed by atoms with Gasteiger partial charge in [-0.15, -0.1) is 0 Å². The number of fused-ring (bicyclic) bond motifs is 6. The summed E-state index contributed by atoms with van der Waals surface area (Å²) in [6, 6.07) is 27.4. The van der Waals surface area contributed by atoms with Gasteiger partial charge in [0.15, 0.2) is 8.07 Å². The Bertz CT molecular complexity index is 4030. The van der Waals surface area contributed by atoms with Crippen molar-refractivity contribution in [2.75, 3.05) is 4.90 Å². The molecule has 0 N–H and O–H groups in total. The van der Waals surface area contributed by atoms with Gasteiger partial charge in [0.2, 0.25) is 0 Å². The third kappa shape index (κ3) is 5.97. The minimum Gasteiger partial charge on any atom is -0.334 e. The fourth-order valence-electron chi connectivity index (χ4n) is 11.2. The van der Waals surface area contributed by atoms with Crippen LogP contribution < -0.4 is 25.6 Å². The van der Waals surface area contributed by atoms with Crippen molar-refractivity contribution in [3.8, 4) is 27.9 Å². The molecular weight excluding hydrogens is 803 g/mol. The maximum atomic E-state index is 9.68. The summed E-state index contributed by atoms with van der Waals surface area (Å²) in [5.74, 6) is 0. The Hall–Kier alpha value is -7.27. The molecule has 12 rings (SSSR count). The van der Waals surface area contributed by atoms with Gasteiger partial charge in [-0.1, -0.05) is 189 Å². The van der Waals surface area contributed by atoms with Gasteiger partial charge < -0.3 is 9.47 Å². The van der Waals surface area contributed by atoms with E-state index < -0.39 is 114 Å². The number of benzene rings is 8. The first-order chi connectivity index (χ1) is 38.2. The van der Waals surface area contributed by atoms with Crippen LogP contribution in [0, 0.1) is 0 Å². The van der Waals surface area contributed by atoms with Crippen molar-refractivity contribution in [2.45, 2.75) is 50.5 Å². The minimum atomic E-state index is -5.42. The first-order valence-electron chi connectivity index (χ1n) is 29.5. The molecule has 3 nitrogen and oxygen atoms in total. The minimum absolute atomic E-state index is 0.0228. The second-order valence-electron chi connectivity index (χ2n) is 17.5. The largest absolute Gasteiger partial charge is 0.334 e. The van der Waals surface area contributed by atoms with Crippen molar-refractivity contribution in [3.05, 3.63) is 230 Å². The standard InChI is InChI=1S/C61H51N3Si/c1-60-37-17-18-38-61(60,2)64(58-36-39-62-43-56(58)60)47-33-35-57-55(42-47)54-34-32-45(53-31-16-15-30-52(53)44-20-7-3-8-21-44)40-59(54)63(57)46-22-19-29-51(41-46)65(48-23-9-4-10-24-48,49-25-11-5-12-26-49)50-27-13-6-14-28-50/h3-16,19-36,39-43H,17-18,37-38H2,1-2H3/i4D,5D,6D,9D,10D,11D,12D,13D,14D,23D,24D,25D,26D,27D,28D. The van der Waals surface area contributed by atoms with Gasteiger partial charge in [-0.3, -0.25) is 4.98 Å². The van der Waals surface area contributed by atoms with Crippen molar-refractivity contribution in [2.24, 2.45) is 0 Å². The third-order valence-electron chi connectivity index (χ3n) is 14.4. The van der Waals surface area contributed by atoms with E-state index in [1.165, 1.54) is 11.6 Å². The molecule has 8 aromatic carbocycles. The summed E-state index contributed by atoms with van der Waals surface area (Å²) in [4.78, 5) is 7.09. The first-order valence-corrected chi connectivity index (χ1v) is 24.0. The second kappa shape index (κ2) is 15.5. The summed E-state index contributed by atoms with van der Waals surface area (Å²) in [6.07, 6.45) is 7.97. The maximum absolute atomic E-state index is 9.68. The summed E-state index contributed by atoms with van der Waals surface area (Å²) >= 11 is 0. The SMILES string of the molecule is [2H]c1c([2H])c([2H])c([Si](c2cccc(-n3c4ccc(N5c6ccncc6C6(C)CCCCC56C)cc4c4ccc(-c5ccccc5-c5ccccc5)cc43)c2)(c2c([2H])c([2H])c([2H])c([2H])c2[2H])c2c([2H])c([2H])c([2H])c([2H])c2[2H])c([2H])c1[2H]. The average molecular weight is 869 g/mol. The number of hydrogen-bond donors (Lipinski definition) is 0. The maximum Gasteiger partial charge on any atom is 0.179 e. The molecule has 0 saturated heterocycles. The summed E-state index contributed by atoms with van der Waals surface area (Å²) in [5, 5.41) is 0.120. The molecule has 2 unspecified atom stereocenters. The van der Waals surface area contributed by atoms with E-state index in [4.69, 9.17) is 12.3 Å². The summed E-state index contributed by atoms with van der Waals surface area (Å²) < 4.78 is 141. The molecule has 65 heavy (non-hydrogen) atoms. The fraction of sp³-hybridized carbons (Fsp3) is 0.131. The molecule has 1 aliphatic carbocycles. The lowest BCUT2D eigenvalue weighted by molar-refractivity contribution is 0.194. The Kier molecular flexibility index (Phi) is 6.30. The molecule has 1 aliphatic heterocycles. The van der Waals surface area contributed by atoms with Gasteiger partial charge in [0.25, 0.3) is 0 Å². The number of anilines is 2. The number of pyridine rings is 1. The molecule has 1 saturated carbocycles. The van der Waals surface area contributed by atoms with Crippen molar-refractivity contribution >= 4 is 62.0 Å². The van der Waals surface area contributed by atoms with Crippen LogP contribution in [0.25, 0.3) is 49.7 Å². The van der Waals surface area contributed by atoms with E-state index in [2.05, 4.69) is 90.5 Å². The summed E-state index contributed by atoms with van der Waals surface area (Å²) in [7, 11) is -5.42. The van der Waals surface area contributed by atoms with Crippen LogP contribution >= 0.6 is 0 Å². The molecule has 0 radical (unpaired) electrons. The quantitative estimate of drug-likeness (QED) is 0.112. The summed E-state index contributed by atoms with van der Waals surface area (Å²) in [6.45, 7) is 4.69. The Morgan fingerprint density at radius 3 is 1.86 bits per heavy atom. The van der Waals surface area contributed by atoms with Crippen molar-refractivity contribution in [3.63, 3.8) is 0 Å². The molecular formula is C61H51N3Si. The van der Waals surface area contributed by atoms with E-state index in [1.807, 2.05) is 53.4 Å².